The first kappa shape index (κ1) is 12.1. The standard InChI is InChI=1S/C14H20N2O/c15-14(17)13(16-12-8-4-5-9-12)10-11-6-2-1-3-7-11/h1-3,6-7,12-13,16H,4-5,8-10H2,(H2,15,17). The van der Waals surface area contributed by atoms with Crippen molar-refractivity contribution in [3.05, 3.63) is 35.9 Å². The Kier molecular flexibility index (Phi) is 4.15. The normalized spacial score (nSPS) is 18.1. The zero-order valence-corrected chi connectivity index (χ0v) is 10.1. The maximum Gasteiger partial charge on any atom is 0.234 e. The average Bonchev–Trinajstić information content (AvgIpc) is 2.82. The molecule has 0 heterocycles. The highest BCUT2D eigenvalue weighted by Crippen LogP contribution is 2.18. The molecule has 17 heavy (non-hydrogen) atoms. The van der Waals surface area contributed by atoms with Gasteiger partial charge in [-0.1, -0.05) is 43.2 Å². The lowest BCUT2D eigenvalue weighted by molar-refractivity contribution is -0.120. The molecule has 1 aromatic carbocycles. The highest BCUT2D eigenvalue weighted by Gasteiger charge is 2.22. The van der Waals surface area contributed by atoms with Gasteiger partial charge in [-0.15, -0.1) is 0 Å². The third-order valence-corrected chi connectivity index (χ3v) is 3.42. The fourth-order valence-corrected chi connectivity index (χ4v) is 2.47. The lowest BCUT2D eigenvalue weighted by Crippen LogP contribution is -2.46. The van der Waals surface area contributed by atoms with Crippen LogP contribution in [0.3, 0.4) is 0 Å². The molecule has 0 spiro atoms. The van der Waals surface area contributed by atoms with Gasteiger partial charge in [0.1, 0.15) is 0 Å². The van der Waals surface area contributed by atoms with Crippen molar-refractivity contribution in [1.82, 2.24) is 5.32 Å². The number of nitrogens with one attached hydrogen (secondary N) is 1. The number of benzene rings is 1. The molecule has 1 fully saturated rings. The number of amides is 1. The van der Waals surface area contributed by atoms with Gasteiger partial charge in [-0.05, 0) is 24.8 Å². The molecule has 0 bridgehead atoms. The molecule has 1 saturated carbocycles. The number of carbonyl (C=O) groups excluding carboxylic acids is 1. The lowest BCUT2D eigenvalue weighted by Gasteiger charge is -2.20. The van der Waals surface area contributed by atoms with Crippen LogP contribution in [0.15, 0.2) is 30.3 Å². The second-order valence-corrected chi connectivity index (χ2v) is 4.79. The van der Waals surface area contributed by atoms with Gasteiger partial charge in [0, 0.05) is 6.04 Å². The minimum absolute atomic E-state index is 0.236. The zero-order valence-electron chi connectivity index (χ0n) is 10.1. The van der Waals surface area contributed by atoms with E-state index in [4.69, 9.17) is 5.73 Å². The minimum Gasteiger partial charge on any atom is -0.368 e. The van der Waals surface area contributed by atoms with Gasteiger partial charge in [0.25, 0.3) is 0 Å². The molecule has 0 radical (unpaired) electrons. The summed E-state index contributed by atoms with van der Waals surface area (Å²) in [5.74, 6) is -0.249. The molecular formula is C14H20N2O. The number of primary amides is 1. The Morgan fingerprint density at radius 2 is 1.94 bits per heavy atom. The van der Waals surface area contributed by atoms with Crippen LogP contribution in [0.2, 0.25) is 0 Å². The third kappa shape index (κ3) is 3.56. The second-order valence-electron chi connectivity index (χ2n) is 4.79. The Morgan fingerprint density at radius 3 is 2.53 bits per heavy atom. The molecule has 1 aliphatic carbocycles. The fourth-order valence-electron chi connectivity index (χ4n) is 2.47. The fraction of sp³-hybridized carbons (Fsp3) is 0.500. The number of hydrogen-bond acceptors (Lipinski definition) is 2. The van der Waals surface area contributed by atoms with Crippen molar-refractivity contribution >= 4 is 5.91 Å². The van der Waals surface area contributed by atoms with Gasteiger partial charge in [0.15, 0.2) is 0 Å². The number of nitrogens with two attached hydrogens (primary N) is 1. The Hall–Kier alpha value is -1.35. The van der Waals surface area contributed by atoms with E-state index >= 15 is 0 Å². The van der Waals surface area contributed by atoms with Crippen LogP contribution in [0, 0.1) is 0 Å². The van der Waals surface area contributed by atoms with E-state index in [0.29, 0.717) is 12.5 Å². The molecule has 0 saturated heterocycles. The third-order valence-electron chi connectivity index (χ3n) is 3.42. The topological polar surface area (TPSA) is 55.1 Å². The molecule has 1 atom stereocenters. The van der Waals surface area contributed by atoms with E-state index < -0.39 is 0 Å². The predicted octanol–water partition coefficient (Wildman–Crippen LogP) is 1.62. The number of carbonyl (C=O) groups is 1. The number of rotatable bonds is 5. The van der Waals surface area contributed by atoms with Gasteiger partial charge in [-0.3, -0.25) is 4.79 Å². The van der Waals surface area contributed by atoms with Gasteiger partial charge < -0.3 is 11.1 Å². The van der Waals surface area contributed by atoms with Crippen LogP contribution in [-0.4, -0.2) is 18.0 Å². The summed E-state index contributed by atoms with van der Waals surface area (Å²) < 4.78 is 0. The quantitative estimate of drug-likeness (QED) is 0.810. The van der Waals surface area contributed by atoms with Crippen molar-refractivity contribution in [3.8, 4) is 0 Å². The van der Waals surface area contributed by atoms with E-state index in [1.165, 1.54) is 25.7 Å². The van der Waals surface area contributed by atoms with Crippen LogP contribution in [0.4, 0.5) is 0 Å². The highest BCUT2D eigenvalue weighted by atomic mass is 16.1. The largest absolute Gasteiger partial charge is 0.368 e. The van der Waals surface area contributed by atoms with E-state index in [1.807, 2.05) is 30.3 Å². The molecule has 0 aliphatic heterocycles. The van der Waals surface area contributed by atoms with Crippen molar-refractivity contribution < 1.29 is 4.79 Å². The zero-order chi connectivity index (χ0) is 12.1. The first-order valence-corrected chi connectivity index (χ1v) is 6.35. The molecule has 0 aromatic heterocycles. The van der Waals surface area contributed by atoms with E-state index in [-0.39, 0.29) is 11.9 Å². The van der Waals surface area contributed by atoms with Crippen molar-refractivity contribution in [2.24, 2.45) is 5.73 Å². The minimum atomic E-state index is -0.249. The van der Waals surface area contributed by atoms with Gasteiger partial charge in [0.05, 0.1) is 6.04 Å². The molecule has 92 valence electrons. The molecule has 3 N–H and O–H groups in total. The average molecular weight is 232 g/mol. The van der Waals surface area contributed by atoms with Crippen LogP contribution in [-0.2, 0) is 11.2 Å². The molecule has 1 aromatic rings. The SMILES string of the molecule is NC(=O)C(Cc1ccccc1)NC1CCCC1. The summed E-state index contributed by atoms with van der Waals surface area (Å²) in [5, 5.41) is 3.39. The van der Waals surface area contributed by atoms with E-state index in [9.17, 15) is 4.79 Å². The molecule has 1 amide bonds. The summed E-state index contributed by atoms with van der Waals surface area (Å²) >= 11 is 0. The lowest BCUT2D eigenvalue weighted by atomic mass is 10.0. The van der Waals surface area contributed by atoms with Crippen LogP contribution in [0.1, 0.15) is 31.2 Å². The summed E-state index contributed by atoms with van der Waals surface area (Å²) in [7, 11) is 0. The monoisotopic (exact) mass is 232 g/mol. The van der Waals surface area contributed by atoms with Gasteiger partial charge >= 0.3 is 0 Å². The number of hydrogen-bond donors (Lipinski definition) is 2. The van der Waals surface area contributed by atoms with Gasteiger partial charge in [-0.2, -0.15) is 0 Å². The van der Waals surface area contributed by atoms with Crippen molar-refractivity contribution in [3.63, 3.8) is 0 Å². The van der Waals surface area contributed by atoms with Crippen molar-refractivity contribution in [2.75, 3.05) is 0 Å². The Bertz CT molecular complexity index is 358. The molecule has 2 rings (SSSR count). The van der Waals surface area contributed by atoms with Crippen LogP contribution in [0.25, 0.3) is 0 Å². The van der Waals surface area contributed by atoms with E-state index in [0.717, 1.165) is 5.56 Å². The second kappa shape index (κ2) is 5.82. The summed E-state index contributed by atoms with van der Waals surface area (Å²) in [6, 6.07) is 10.3. The van der Waals surface area contributed by atoms with E-state index in [1.54, 1.807) is 0 Å². The molecule has 3 nitrogen and oxygen atoms in total. The molecule has 3 heteroatoms. The smallest absolute Gasteiger partial charge is 0.234 e. The van der Waals surface area contributed by atoms with Gasteiger partial charge in [0.2, 0.25) is 5.91 Å². The molecule has 1 aliphatic rings. The molecular weight excluding hydrogens is 212 g/mol. The Balaban J connectivity index is 1.95. The predicted molar refractivity (Wildman–Crippen MR) is 68.5 cm³/mol. The van der Waals surface area contributed by atoms with Crippen LogP contribution < -0.4 is 11.1 Å². The summed E-state index contributed by atoms with van der Waals surface area (Å²) in [6.45, 7) is 0. The van der Waals surface area contributed by atoms with Crippen LogP contribution in [0.5, 0.6) is 0 Å². The van der Waals surface area contributed by atoms with E-state index in [2.05, 4.69) is 5.32 Å². The summed E-state index contributed by atoms with van der Waals surface area (Å²) in [5.41, 5.74) is 6.62. The van der Waals surface area contributed by atoms with Crippen molar-refractivity contribution in [2.45, 2.75) is 44.2 Å². The van der Waals surface area contributed by atoms with Gasteiger partial charge in [-0.25, -0.2) is 0 Å². The first-order chi connectivity index (χ1) is 8.25. The van der Waals surface area contributed by atoms with Crippen LogP contribution >= 0.6 is 0 Å². The highest BCUT2D eigenvalue weighted by molar-refractivity contribution is 5.80. The molecule has 1 unspecified atom stereocenters. The Labute approximate surface area is 102 Å². The first-order valence-electron chi connectivity index (χ1n) is 6.35. The maximum atomic E-state index is 11.5. The Morgan fingerprint density at radius 1 is 1.29 bits per heavy atom. The maximum absolute atomic E-state index is 11.5. The van der Waals surface area contributed by atoms with Crippen molar-refractivity contribution in [1.29, 1.82) is 0 Å². The summed E-state index contributed by atoms with van der Waals surface area (Å²) in [4.78, 5) is 11.5. The summed E-state index contributed by atoms with van der Waals surface area (Å²) in [6.07, 6.45) is 5.53.